The van der Waals surface area contributed by atoms with Gasteiger partial charge in [-0.3, -0.25) is 9.78 Å². The van der Waals surface area contributed by atoms with Crippen LogP contribution in [0.25, 0.3) is 11.4 Å². The predicted molar refractivity (Wildman–Crippen MR) is 82.5 cm³/mol. The topological polar surface area (TPSA) is 72.1 Å². The van der Waals surface area contributed by atoms with E-state index < -0.39 is 23.1 Å². The van der Waals surface area contributed by atoms with Crippen molar-refractivity contribution in [1.82, 2.24) is 20.0 Å². The van der Waals surface area contributed by atoms with Crippen molar-refractivity contribution >= 4 is 5.91 Å². The molecule has 0 unspecified atom stereocenters. The molecule has 1 aromatic carbocycles. The number of rotatable bonds is 3. The fourth-order valence-electron chi connectivity index (χ4n) is 2.68. The van der Waals surface area contributed by atoms with Crippen molar-refractivity contribution < 1.29 is 18.1 Å². The summed E-state index contributed by atoms with van der Waals surface area (Å²) in [5, 5.41) is 3.91. The smallest absolute Gasteiger partial charge is 0.259 e. The minimum absolute atomic E-state index is 0.151. The zero-order chi connectivity index (χ0) is 17.4. The van der Waals surface area contributed by atoms with Gasteiger partial charge in [0, 0.05) is 31.0 Å². The van der Waals surface area contributed by atoms with Gasteiger partial charge in [-0.15, -0.1) is 0 Å². The van der Waals surface area contributed by atoms with E-state index >= 15 is 0 Å². The number of hydrogen-bond acceptors (Lipinski definition) is 5. The van der Waals surface area contributed by atoms with Gasteiger partial charge in [0.15, 0.2) is 0 Å². The minimum atomic E-state index is -0.869. The molecule has 1 saturated heterocycles. The van der Waals surface area contributed by atoms with Gasteiger partial charge in [0.1, 0.15) is 17.2 Å². The van der Waals surface area contributed by atoms with Crippen LogP contribution in [0.5, 0.6) is 0 Å². The SMILES string of the molecule is O=C(c1c(F)cccc1F)N1CC(c2nc(-c3ccncc3)no2)C1. The summed E-state index contributed by atoms with van der Waals surface area (Å²) in [6, 6.07) is 6.86. The van der Waals surface area contributed by atoms with E-state index in [2.05, 4.69) is 15.1 Å². The molecule has 2 aromatic heterocycles. The molecule has 25 heavy (non-hydrogen) atoms. The maximum Gasteiger partial charge on any atom is 0.259 e. The van der Waals surface area contributed by atoms with Crippen molar-refractivity contribution in [3.8, 4) is 11.4 Å². The van der Waals surface area contributed by atoms with Gasteiger partial charge >= 0.3 is 0 Å². The molecule has 1 aliphatic rings. The maximum absolute atomic E-state index is 13.7. The highest BCUT2D eigenvalue weighted by molar-refractivity contribution is 5.95. The lowest BCUT2D eigenvalue weighted by Crippen LogP contribution is -2.49. The maximum atomic E-state index is 13.7. The third-order valence-corrected chi connectivity index (χ3v) is 4.07. The Bertz CT molecular complexity index is 903. The second-order valence-corrected chi connectivity index (χ2v) is 5.70. The van der Waals surface area contributed by atoms with Crippen molar-refractivity contribution in [2.24, 2.45) is 0 Å². The van der Waals surface area contributed by atoms with Crippen LogP contribution in [-0.2, 0) is 0 Å². The number of likely N-dealkylation sites (tertiary alicyclic amines) is 1. The Balaban J connectivity index is 1.46. The van der Waals surface area contributed by atoms with Crippen LogP contribution in [0.2, 0.25) is 0 Å². The van der Waals surface area contributed by atoms with Crippen LogP contribution in [-0.4, -0.2) is 39.0 Å². The molecule has 0 saturated carbocycles. The molecule has 0 spiro atoms. The van der Waals surface area contributed by atoms with Crippen molar-refractivity contribution in [2.75, 3.05) is 13.1 Å². The summed E-state index contributed by atoms with van der Waals surface area (Å²) >= 11 is 0. The van der Waals surface area contributed by atoms with Crippen LogP contribution in [0.4, 0.5) is 8.78 Å². The lowest BCUT2D eigenvalue weighted by atomic mass is 9.98. The van der Waals surface area contributed by atoms with Gasteiger partial charge in [-0.1, -0.05) is 11.2 Å². The highest BCUT2D eigenvalue weighted by Gasteiger charge is 2.37. The molecule has 0 aliphatic carbocycles. The standard InChI is InChI=1S/C17H12F2N4O2/c18-12-2-1-3-13(19)14(12)17(24)23-8-11(9-23)16-21-15(22-25-16)10-4-6-20-7-5-10/h1-7,11H,8-9H2. The average molecular weight is 342 g/mol. The first-order valence-corrected chi connectivity index (χ1v) is 7.61. The van der Waals surface area contributed by atoms with Crippen LogP contribution >= 0.6 is 0 Å². The largest absolute Gasteiger partial charge is 0.339 e. The van der Waals surface area contributed by atoms with E-state index in [-0.39, 0.29) is 19.0 Å². The number of carbonyl (C=O) groups is 1. The molecule has 0 bridgehead atoms. The third kappa shape index (κ3) is 2.75. The highest BCUT2D eigenvalue weighted by atomic mass is 19.1. The summed E-state index contributed by atoms with van der Waals surface area (Å²) in [7, 11) is 0. The summed E-state index contributed by atoms with van der Waals surface area (Å²) in [6.07, 6.45) is 3.25. The second kappa shape index (κ2) is 6.04. The number of amides is 1. The normalized spacial score (nSPS) is 14.4. The Labute approximate surface area is 141 Å². The van der Waals surface area contributed by atoms with E-state index in [4.69, 9.17) is 4.52 Å². The number of hydrogen-bond donors (Lipinski definition) is 0. The lowest BCUT2D eigenvalue weighted by Gasteiger charge is -2.37. The van der Waals surface area contributed by atoms with Crippen molar-refractivity contribution in [3.63, 3.8) is 0 Å². The number of pyridine rings is 1. The summed E-state index contributed by atoms with van der Waals surface area (Å²) in [4.78, 5) is 21.8. The summed E-state index contributed by atoms with van der Waals surface area (Å²) in [6.45, 7) is 0.537. The molecule has 0 N–H and O–H groups in total. The Kier molecular flexibility index (Phi) is 3.72. The zero-order valence-corrected chi connectivity index (χ0v) is 12.9. The van der Waals surface area contributed by atoms with Crippen LogP contribution in [0.15, 0.2) is 47.2 Å². The van der Waals surface area contributed by atoms with Gasteiger partial charge < -0.3 is 9.42 Å². The van der Waals surface area contributed by atoms with Gasteiger partial charge in [0.25, 0.3) is 5.91 Å². The highest BCUT2D eigenvalue weighted by Crippen LogP contribution is 2.29. The summed E-state index contributed by atoms with van der Waals surface area (Å²) < 4.78 is 32.6. The third-order valence-electron chi connectivity index (χ3n) is 4.07. The first-order valence-electron chi connectivity index (χ1n) is 7.61. The minimum Gasteiger partial charge on any atom is -0.339 e. The first-order chi connectivity index (χ1) is 12.1. The molecule has 1 fully saturated rings. The predicted octanol–water partition coefficient (Wildman–Crippen LogP) is 2.65. The Morgan fingerprint density at radius 3 is 2.48 bits per heavy atom. The van der Waals surface area contributed by atoms with Gasteiger partial charge in [0.2, 0.25) is 11.7 Å². The van der Waals surface area contributed by atoms with Crippen LogP contribution < -0.4 is 0 Å². The van der Waals surface area contributed by atoms with E-state index in [1.54, 1.807) is 24.5 Å². The van der Waals surface area contributed by atoms with Crippen LogP contribution in [0.1, 0.15) is 22.2 Å². The Morgan fingerprint density at radius 1 is 1.12 bits per heavy atom. The molecular weight excluding hydrogens is 330 g/mol. The number of halogens is 2. The summed E-state index contributed by atoms with van der Waals surface area (Å²) in [5.74, 6) is -1.74. The monoisotopic (exact) mass is 342 g/mol. The van der Waals surface area contributed by atoms with E-state index in [0.717, 1.165) is 17.7 Å². The fraction of sp³-hybridized carbons (Fsp3) is 0.176. The first kappa shape index (κ1) is 15.4. The molecule has 0 radical (unpaired) electrons. The number of nitrogens with zero attached hydrogens (tertiary/aromatic N) is 4. The molecule has 4 rings (SSSR count). The molecular formula is C17H12F2N4O2. The van der Waals surface area contributed by atoms with Gasteiger partial charge in [-0.2, -0.15) is 4.98 Å². The Morgan fingerprint density at radius 2 is 1.80 bits per heavy atom. The average Bonchev–Trinajstić information content (AvgIpc) is 3.04. The number of aromatic nitrogens is 3. The van der Waals surface area contributed by atoms with E-state index in [1.165, 1.54) is 11.0 Å². The quantitative estimate of drug-likeness (QED) is 0.732. The molecule has 1 amide bonds. The molecule has 0 atom stereocenters. The molecule has 1 aliphatic heterocycles. The van der Waals surface area contributed by atoms with Gasteiger partial charge in [0.05, 0.1) is 5.92 Å². The zero-order valence-electron chi connectivity index (χ0n) is 12.9. The fourth-order valence-corrected chi connectivity index (χ4v) is 2.68. The van der Waals surface area contributed by atoms with Crippen molar-refractivity contribution in [1.29, 1.82) is 0 Å². The molecule has 3 aromatic rings. The van der Waals surface area contributed by atoms with Crippen molar-refractivity contribution in [2.45, 2.75) is 5.92 Å². The molecule has 3 heterocycles. The Hall–Kier alpha value is -3.16. The van der Waals surface area contributed by atoms with Crippen molar-refractivity contribution in [3.05, 3.63) is 65.8 Å². The number of carbonyl (C=O) groups excluding carboxylic acids is 1. The van der Waals surface area contributed by atoms with E-state index in [9.17, 15) is 13.6 Å². The van der Waals surface area contributed by atoms with E-state index in [0.29, 0.717) is 11.7 Å². The number of benzene rings is 1. The molecule has 126 valence electrons. The van der Waals surface area contributed by atoms with Crippen LogP contribution in [0.3, 0.4) is 0 Å². The van der Waals surface area contributed by atoms with Gasteiger partial charge in [-0.25, -0.2) is 8.78 Å². The second-order valence-electron chi connectivity index (χ2n) is 5.70. The summed E-state index contributed by atoms with van der Waals surface area (Å²) in [5.41, 5.74) is 0.231. The molecule has 6 nitrogen and oxygen atoms in total. The van der Waals surface area contributed by atoms with Crippen LogP contribution in [0, 0.1) is 11.6 Å². The van der Waals surface area contributed by atoms with Gasteiger partial charge in [-0.05, 0) is 24.3 Å². The molecule has 8 heteroatoms. The lowest BCUT2D eigenvalue weighted by molar-refractivity contribution is 0.0559. The van der Waals surface area contributed by atoms with E-state index in [1.807, 2.05) is 0 Å².